The van der Waals surface area contributed by atoms with Gasteiger partial charge >= 0.3 is 0 Å². The Morgan fingerprint density at radius 3 is 2.76 bits per heavy atom. The summed E-state index contributed by atoms with van der Waals surface area (Å²) in [5, 5.41) is 17.3. The zero-order valence-corrected chi connectivity index (χ0v) is 10.7. The Bertz CT molecular complexity index is 342. The fourth-order valence-electron chi connectivity index (χ4n) is 2.72. The second-order valence-corrected chi connectivity index (χ2v) is 5.12. The number of rotatable bonds is 5. The Kier molecular flexibility index (Phi) is 4.18. The number of hydrogen-bond acceptors (Lipinski definition) is 3. The van der Waals surface area contributed by atoms with Crippen LogP contribution >= 0.6 is 0 Å². The lowest BCUT2D eigenvalue weighted by atomic mass is 9.82. The number of aliphatic hydroxyl groups is 1. The zero-order valence-electron chi connectivity index (χ0n) is 10.7. The van der Waals surface area contributed by atoms with Crippen molar-refractivity contribution in [1.29, 1.82) is 0 Å². The molecule has 1 aromatic heterocycles. The van der Waals surface area contributed by atoms with Gasteiger partial charge in [-0.2, -0.15) is 5.10 Å². The molecule has 0 aromatic carbocycles. The molecule has 4 heteroatoms. The number of nitrogens with one attached hydrogen (secondary N) is 1. The van der Waals surface area contributed by atoms with Crippen molar-refractivity contribution < 1.29 is 5.11 Å². The van der Waals surface area contributed by atoms with E-state index in [4.69, 9.17) is 0 Å². The molecule has 4 nitrogen and oxygen atoms in total. The third-order valence-corrected chi connectivity index (χ3v) is 3.92. The van der Waals surface area contributed by atoms with Gasteiger partial charge in [0.1, 0.15) is 0 Å². The highest BCUT2D eigenvalue weighted by atomic mass is 16.3. The molecule has 0 unspecified atom stereocenters. The van der Waals surface area contributed by atoms with E-state index in [2.05, 4.69) is 10.4 Å². The van der Waals surface area contributed by atoms with Gasteiger partial charge in [-0.25, -0.2) is 0 Å². The maximum absolute atomic E-state index is 9.57. The van der Waals surface area contributed by atoms with E-state index in [-0.39, 0.29) is 12.1 Å². The van der Waals surface area contributed by atoms with Crippen LogP contribution in [0.4, 0.5) is 0 Å². The molecule has 0 aliphatic heterocycles. The quantitative estimate of drug-likeness (QED) is 0.810. The van der Waals surface area contributed by atoms with Gasteiger partial charge in [0.05, 0.1) is 6.61 Å². The van der Waals surface area contributed by atoms with E-state index in [0.29, 0.717) is 0 Å². The molecule has 1 heterocycles. The van der Waals surface area contributed by atoms with Gasteiger partial charge in [0.15, 0.2) is 0 Å². The minimum Gasteiger partial charge on any atom is -0.394 e. The van der Waals surface area contributed by atoms with Crippen LogP contribution in [0, 0.1) is 0 Å². The summed E-state index contributed by atoms with van der Waals surface area (Å²) in [7, 11) is 1.97. The molecule has 0 bridgehead atoms. The number of aliphatic hydroxyl groups excluding tert-OH is 1. The molecule has 0 amide bonds. The molecule has 0 spiro atoms. The van der Waals surface area contributed by atoms with Gasteiger partial charge in [0.2, 0.25) is 0 Å². The number of hydrogen-bond donors (Lipinski definition) is 2. The van der Waals surface area contributed by atoms with Crippen LogP contribution in [0.15, 0.2) is 12.3 Å². The molecule has 0 radical (unpaired) electrons. The first-order valence-electron chi connectivity index (χ1n) is 6.59. The van der Waals surface area contributed by atoms with Crippen molar-refractivity contribution in [2.24, 2.45) is 7.05 Å². The van der Waals surface area contributed by atoms with Gasteiger partial charge in [0.25, 0.3) is 0 Å². The zero-order chi connectivity index (χ0) is 12.1. The molecule has 17 heavy (non-hydrogen) atoms. The smallest absolute Gasteiger partial charge is 0.0613 e. The monoisotopic (exact) mass is 237 g/mol. The first-order valence-corrected chi connectivity index (χ1v) is 6.59. The van der Waals surface area contributed by atoms with E-state index in [1.54, 1.807) is 0 Å². The van der Waals surface area contributed by atoms with Gasteiger partial charge in [-0.15, -0.1) is 0 Å². The van der Waals surface area contributed by atoms with Crippen LogP contribution in [0.1, 0.15) is 37.8 Å². The Balaban J connectivity index is 1.82. The Hall–Kier alpha value is -0.870. The topological polar surface area (TPSA) is 50.1 Å². The molecular formula is C13H23N3O. The Morgan fingerprint density at radius 1 is 1.41 bits per heavy atom. The minimum absolute atomic E-state index is 0.0170. The van der Waals surface area contributed by atoms with Crippen LogP contribution in [0.2, 0.25) is 0 Å². The second-order valence-electron chi connectivity index (χ2n) is 5.12. The van der Waals surface area contributed by atoms with Crippen molar-refractivity contribution in [3.8, 4) is 0 Å². The molecule has 2 rings (SSSR count). The van der Waals surface area contributed by atoms with E-state index in [0.717, 1.165) is 25.8 Å². The summed E-state index contributed by atoms with van der Waals surface area (Å²) in [6.45, 7) is 1.18. The second kappa shape index (κ2) is 5.65. The van der Waals surface area contributed by atoms with Gasteiger partial charge < -0.3 is 10.4 Å². The van der Waals surface area contributed by atoms with Crippen LogP contribution in [0.25, 0.3) is 0 Å². The molecule has 2 N–H and O–H groups in total. The predicted octanol–water partition coefficient (Wildman–Crippen LogP) is 1.25. The van der Waals surface area contributed by atoms with Crippen molar-refractivity contribution in [2.75, 3.05) is 13.2 Å². The average Bonchev–Trinajstić information content (AvgIpc) is 2.76. The summed E-state index contributed by atoms with van der Waals surface area (Å²) in [6.07, 6.45) is 8.80. The summed E-state index contributed by atoms with van der Waals surface area (Å²) in [6, 6.07) is 2.05. The standard InChI is InChI=1S/C13H23N3O/c1-16-12(6-10-15-16)5-9-14-13(11-17)7-3-2-4-8-13/h6,10,14,17H,2-5,7-9,11H2,1H3. The lowest BCUT2D eigenvalue weighted by molar-refractivity contribution is 0.121. The van der Waals surface area contributed by atoms with Gasteiger partial charge in [-0.05, 0) is 18.9 Å². The third-order valence-electron chi connectivity index (χ3n) is 3.92. The van der Waals surface area contributed by atoms with E-state index >= 15 is 0 Å². The Morgan fingerprint density at radius 2 is 2.18 bits per heavy atom. The average molecular weight is 237 g/mol. The predicted molar refractivity (Wildman–Crippen MR) is 67.8 cm³/mol. The fraction of sp³-hybridized carbons (Fsp3) is 0.769. The normalized spacial score (nSPS) is 19.4. The molecule has 1 aromatic rings. The van der Waals surface area contributed by atoms with Crippen molar-refractivity contribution >= 4 is 0 Å². The summed E-state index contributed by atoms with van der Waals surface area (Å²) in [5.74, 6) is 0. The molecule has 0 atom stereocenters. The highest BCUT2D eigenvalue weighted by molar-refractivity contribution is 5.01. The van der Waals surface area contributed by atoms with Crippen LogP contribution in [-0.4, -0.2) is 33.6 Å². The van der Waals surface area contributed by atoms with Crippen molar-refractivity contribution in [1.82, 2.24) is 15.1 Å². The first-order chi connectivity index (χ1) is 8.26. The van der Waals surface area contributed by atoms with E-state index in [9.17, 15) is 5.11 Å². The molecule has 1 aliphatic carbocycles. The Labute approximate surface area is 103 Å². The van der Waals surface area contributed by atoms with Crippen LogP contribution in [0.3, 0.4) is 0 Å². The molecule has 96 valence electrons. The van der Waals surface area contributed by atoms with E-state index in [1.165, 1.54) is 25.0 Å². The lowest BCUT2D eigenvalue weighted by Gasteiger charge is -2.36. The maximum Gasteiger partial charge on any atom is 0.0613 e. The van der Waals surface area contributed by atoms with Crippen molar-refractivity contribution in [3.63, 3.8) is 0 Å². The van der Waals surface area contributed by atoms with Gasteiger partial charge in [-0.3, -0.25) is 4.68 Å². The SMILES string of the molecule is Cn1nccc1CCNC1(CO)CCCCC1. The lowest BCUT2D eigenvalue weighted by Crippen LogP contribution is -2.50. The molecule has 1 saturated carbocycles. The highest BCUT2D eigenvalue weighted by Crippen LogP contribution is 2.27. The van der Waals surface area contributed by atoms with E-state index < -0.39 is 0 Å². The maximum atomic E-state index is 9.57. The van der Waals surface area contributed by atoms with Gasteiger partial charge in [-0.1, -0.05) is 19.3 Å². The van der Waals surface area contributed by atoms with Crippen molar-refractivity contribution in [3.05, 3.63) is 18.0 Å². The summed E-state index contributed by atoms with van der Waals surface area (Å²) in [5.41, 5.74) is 1.22. The molecular weight excluding hydrogens is 214 g/mol. The van der Waals surface area contributed by atoms with Crippen molar-refractivity contribution in [2.45, 2.75) is 44.1 Å². The summed E-state index contributed by atoms with van der Waals surface area (Å²) in [4.78, 5) is 0. The molecule has 1 aliphatic rings. The highest BCUT2D eigenvalue weighted by Gasteiger charge is 2.30. The van der Waals surface area contributed by atoms with E-state index in [1.807, 2.05) is 24.0 Å². The first kappa shape index (κ1) is 12.6. The molecule has 1 fully saturated rings. The molecule has 0 saturated heterocycles. The summed E-state index contributed by atoms with van der Waals surface area (Å²) < 4.78 is 1.91. The largest absolute Gasteiger partial charge is 0.394 e. The number of aryl methyl sites for hydroxylation is 1. The van der Waals surface area contributed by atoms with Crippen LogP contribution in [0.5, 0.6) is 0 Å². The van der Waals surface area contributed by atoms with Gasteiger partial charge in [0, 0.05) is 37.4 Å². The third kappa shape index (κ3) is 3.07. The number of aromatic nitrogens is 2. The summed E-state index contributed by atoms with van der Waals surface area (Å²) >= 11 is 0. The number of nitrogens with zero attached hydrogens (tertiary/aromatic N) is 2. The van der Waals surface area contributed by atoms with Crippen LogP contribution in [-0.2, 0) is 13.5 Å². The van der Waals surface area contributed by atoms with Crippen LogP contribution < -0.4 is 5.32 Å². The fourth-order valence-corrected chi connectivity index (χ4v) is 2.72. The minimum atomic E-state index is -0.0170.